The summed E-state index contributed by atoms with van der Waals surface area (Å²) in [5.74, 6) is -0.921. The van der Waals surface area contributed by atoms with Gasteiger partial charge in [0.2, 0.25) is 5.78 Å². The van der Waals surface area contributed by atoms with Crippen molar-refractivity contribution in [1.29, 1.82) is 0 Å². The highest BCUT2D eigenvalue weighted by molar-refractivity contribution is 6.25. The molecule has 6 N–H and O–H groups in total. The predicted molar refractivity (Wildman–Crippen MR) is 155 cm³/mol. The number of rotatable bonds is 3. The predicted octanol–water partition coefficient (Wildman–Crippen LogP) is 1.89. The Morgan fingerprint density at radius 3 is 2.36 bits per heavy atom. The fraction of sp³-hybridized carbons (Fsp3) is 0.344. The van der Waals surface area contributed by atoms with Gasteiger partial charge in [-0.2, -0.15) is 0 Å². The molecule has 0 aliphatic heterocycles. The van der Waals surface area contributed by atoms with Crippen LogP contribution in [0.5, 0.6) is 5.75 Å². The minimum atomic E-state index is -2.69. The smallest absolute Gasteiger partial charge is 0.255 e. The molecule has 3 aliphatic carbocycles. The van der Waals surface area contributed by atoms with E-state index in [1.807, 2.05) is 31.2 Å². The topological polar surface area (TPSA) is 165 Å². The molecule has 5 rings (SSSR count). The maximum Gasteiger partial charge on any atom is 0.255 e. The third kappa shape index (κ3) is 4.16. The van der Waals surface area contributed by atoms with Crippen molar-refractivity contribution >= 4 is 23.2 Å². The average Bonchev–Trinajstić information content (AvgIpc) is 2.89. The number of ketones is 2. The highest BCUT2D eigenvalue weighted by atomic mass is 16.3. The summed E-state index contributed by atoms with van der Waals surface area (Å²) in [5, 5.41) is 45.6. The fourth-order valence-electron chi connectivity index (χ4n) is 6.66. The van der Waals surface area contributed by atoms with Gasteiger partial charge in [0.25, 0.3) is 5.91 Å². The van der Waals surface area contributed by atoms with Crippen LogP contribution >= 0.6 is 0 Å². The molecule has 3 aliphatic rings. The monoisotopic (exact) mass is 571 g/mol. The van der Waals surface area contributed by atoms with Crippen LogP contribution in [0.15, 0.2) is 53.0 Å². The quantitative estimate of drug-likeness (QED) is 0.273. The lowest BCUT2D eigenvalue weighted by Crippen LogP contribution is -2.63. The summed E-state index contributed by atoms with van der Waals surface area (Å²) in [6, 6.07) is 8.18. The molecule has 42 heavy (non-hydrogen) atoms. The number of benzene rings is 2. The first kappa shape index (κ1) is 28.9. The number of fused-ring (bicyclic) bond motifs is 3. The summed E-state index contributed by atoms with van der Waals surface area (Å²) in [6.07, 6.45) is 0.218. The van der Waals surface area contributed by atoms with Crippen molar-refractivity contribution in [2.24, 2.45) is 17.6 Å². The number of hydrogen-bond acceptors (Lipinski definition) is 9. The minimum absolute atomic E-state index is 0.0221. The number of aliphatic hydroxyl groups excluding tert-OH is 2. The summed E-state index contributed by atoms with van der Waals surface area (Å²) in [5.41, 5.74) is 4.70. The third-order valence-electron chi connectivity index (χ3n) is 8.54. The number of carbonyl (C=O) groups excluding carboxylic acids is 3. The van der Waals surface area contributed by atoms with Crippen LogP contribution < -0.4 is 10.6 Å². The van der Waals surface area contributed by atoms with E-state index in [0.29, 0.717) is 11.3 Å². The molecule has 1 amide bonds. The Morgan fingerprint density at radius 2 is 1.76 bits per heavy atom. The van der Waals surface area contributed by atoms with Crippen LogP contribution in [0.4, 0.5) is 5.69 Å². The van der Waals surface area contributed by atoms with Crippen molar-refractivity contribution in [1.82, 2.24) is 4.90 Å². The maximum absolute atomic E-state index is 14.1. The van der Waals surface area contributed by atoms with Gasteiger partial charge < -0.3 is 31.1 Å². The normalized spacial score (nSPS) is 25.0. The molecule has 218 valence electrons. The summed E-state index contributed by atoms with van der Waals surface area (Å²) >= 11 is 0. The lowest BCUT2D eigenvalue weighted by atomic mass is 9.58. The molecule has 0 bridgehead atoms. The Balaban J connectivity index is 1.71. The molecule has 0 spiro atoms. The number of aliphatic hydroxyl groups is 3. The number of amides is 1. The number of phenolic OH excluding ortho intramolecular Hbond substituents is 1. The second-order valence-electron chi connectivity index (χ2n) is 11.6. The molecule has 0 fully saturated rings. The number of nitrogens with two attached hydrogens (primary N) is 1. The molecular formula is C32H33N3O7. The van der Waals surface area contributed by atoms with Crippen molar-refractivity contribution in [2.75, 3.05) is 33.1 Å². The van der Waals surface area contributed by atoms with E-state index in [1.165, 1.54) is 4.90 Å². The number of aryl methyl sites for hydroxylation is 1. The molecule has 2 aromatic rings. The number of Topliss-reactive ketones (excluding diaryl/α,β-unsaturated/α-hetero) is 2. The molecule has 0 radical (unpaired) electrons. The number of likely N-dealkylation sites (N-methyl/N-ethyl adjacent to an activating group) is 1. The fourth-order valence-corrected chi connectivity index (χ4v) is 6.66. The molecule has 2 aromatic carbocycles. The number of phenols is 1. The Bertz CT molecular complexity index is 1690. The lowest BCUT2D eigenvalue weighted by Gasteiger charge is -2.50. The SMILES string of the molecule is Cc1cccc(C#Cc2cc(N(C)C)c3c(c2O)C(=O)C2=C(O)C4(O)C(=O)C(C(N)=O)=C(O)C(N(C)C)C4CC2C3)c1. The maximum atomic E-state index is 14.1. The summed E-state index contributed by atoms with van der Waals surface area (Å²) in [7, 11) is 6.78. The number of anilines is 1. The van der Waals surface area contributed by atoms with Gasteiger partial charge in [-0.25, -0.2) is 0 Å². The van der Waals surface area contributed by atoms with Crippen LogP contribution in [0.1, 0.15) is 39.0 Å². The molecule has 4 unspecified atom stereocenters. The van der Waals surface area contributed by atoms with E-state index >= 15 is 0 Å². The van der Waals surface area contributed by atoms with Gasteiger partial charge in [-0.3, -0.25) is 19.3 Å². The number of carbonyl (C=O) groups is 3. The van der Waals surface area contributed by atoms with Crippen LogP contribution in [0.3, 0.4) is 0 Å². The summed E-state index contributed by atoms with van der Waals surface area (Å²) < 4.78 is 0. The number of nitrogens with zero attached hydrogens (tertiary/aromatic N) is 2. The van der Waals surface area contributed by atoms with Crippen LogP contribution in [-0.4, -0.2) is 82.6 Å². The van der Waals surface area contributed by atoms with Gasteiger partial charge in [0.1, 0.15) is 22.8 Å². The molecule has 10 heteroatoms. The van der Waals surface area contributed by atoms with Gasteiger partial charge in [0.05, 0.1) is 17.2 Å². The Kier molecular flexibility index (Phi) is 6.92. The van der Waals surface area contributed by atoms with Gasteiger partial charge in [0.15, 0.2) is 11.4 Å². The Labute approximate surface area is 243 Å². The van der Waals surface area contributed by atoms with E-state index in [-0.39, 0.29) is 35.3 Å². The van der Waals surface area contributed by atoms with Crippen LogP contribution in [0.2, 0.25) is 0 Å². The van der Waals surface area contributed by atoms with E-state index < -0.39 is 58.0 Å². The van der Waals surface area contributed by atoms with Gasteiger partial charge in [-0.15, -0.1) is 0 Å². The number of primary amides is 1. The zero-order valence-electron chi connectivity index (χ0n) is 24.0. The van der Waals surface area contributed by atoms with Crippen molar-refractivity contribution in [3.63, 3.8) is 0 Å². The average molecular weight is 572 g/mol. The first-order chi connectivity index (χ1) is 19.7. The molecule has 0 heterocycles. The first-order valence-corrected chi connectivity index (χ1v) is 13.5. The van der Waals surface area contributed by atoms with E-state index in [0.717, 1.165) is 11.1 Å². The zero-order chi connectivity index (χ0) is 30.8. The minimum Gasteiger partial charge on any atom is -0.510 e. The first-order valence-electron chi connectivity index (χ1n) is 13.5. The standard InChI is InChI=1S/C32H33N3O7/c1-15-7-6-8-16(11-15)9-10-17-14-21(34(2)3)19-12-18-13-20-25(35(4)5)28(38)24(31(33)41)30(40)32(20,42)29(39)22(18)27(37)23(19)26(17)36/h6-8,11,14,18,20,25,36,38-39,42H,12-13H2,1-5H3,(H2,33,41). The second-order valence-corrected chi connectivity index (χ2v) is 11.6. The summed E-state index contributed by atoms with van der Waals surface area (Å²) in [4.78, 5) is 43.1. The Hall–Kier alpha value is -4.59. The molecule has 10 nitrogen and oxygen atoms in total. The molecule has 0 saturated heterocycles. The molecule has 0 saturated carbocycles. The molecule has 0 aromatic heterocycles. The zero-order valence-corrected chi connectivity index (χ0v) is 24.0. The summed E-state index contributed by atoms with van der Waals surface area (Å²) in [6.45, 7) is 1.94. The highest BCUT2D eigenvalue weighted by Crippen LogP contribution is 2.53. The number of allylic oxidation sites excluding steroid dienone is 1. The van der Waals surface area contributed by atoms with Gasteiger partial charge in [-0.1, -0.05) is 24.0 Å². The third-order valence-corrected chi connectivity index (χ3v) is 8.54. The highest BCUT2D eigenvalue weighted by Gasteiger charge is 2.63. The molecular weight excluding hydrogens is 538 g/mol. The van der Waals surface area contributed by atoms with Crippen molar-refractivity contribution < 1.29 is 34.8 Å². The van der Waals surface area contributed by atoms with Crippen LogP contribution in [0, 0.1) is 30.6 Å². The molecule has 4 atom stereocenters. The van der Waals surface area contributed by atoms with Crippen LogP contribution in [-0.2, 0) is 16.0 Å². The van der Waals surface area contributed by atoms with Crippen molar-refractivity contribution in [3.8, 4) is 17.6 Å². The lowest BCUT2D eigenvalue weighted by molar-refractivity contribution is -0.148. The van der Waals surface area contributed by atoms with Gasteiger partial charge >= 0.3 is 0 Å². The van der Waals surface area contributed by atoms with E-state index in [2.05, 4.69) is 11.8 Å². The van der Waals surface area contributed by atoms with Crippen molar-refractivity contribution in [2.45, 2.75) is 31.4 Å². The largest absolute Gasteiger partial charge is 0.510 e. The van der Waals surface area contributed by atoms with Gasteiger partial charge in [-0.05, 0) is 69.1 Å². The number of hydrogen-bond donors (Lipinski definition) is 5. The van der Waals surface area contributed by atoms with Crippen LogP contribution in [0.25, 0.3) is 0 Å². The van der Waals surface area contributed by atoms with Gasteiger partial charge in [0, 0.05) is 36.8 Å². The van der Waals surface area contributed by atoms with E-state index in [1.54, 1.807) is 39.2 Å². The van der Waals surface area contributed by atoms with Crippen molar-refractivity contribution in [3.05, 3.63) is 80.8 Å². The second kappa shape index (κ2) is 10.0. The van der Waals surface area contributed by atoms with E-state index in [4.69, 9.17) is 5.73 Å². The Morgan fingerprint density at radius 1 is 1.07 bits per heavy atom. The van der Waals surface area contributed by atoms with E-state index in [9.17, 15) is 34.8 Å². The number of aromatic hydroxyl groups is 1.